The number of amides is 1. The van der Waals surface area contributed by atoms with Gasteiger partial charge in [-0.15, -0.1) is 0 Å². The van der Waals surface area contributed by atoms with Gasteiger partial charge in [0.25, 0.3) is 5.91 Å². The molecular weight excluding hydrogens is 250 g/mol. The summed E-state index contributed by atoms with van der Waals surface area (Å²) in [4.78, 5) is 14.6. The molecule has 0 atom stereocenters. The van der Waals surface area contributed by atoms with Crippen molar-refractivity contribution in [3.8, 4) is 0 Å². The van der Waals surface area contributed by atoms with E-state index in [0.717, 1.165) is 11.1 Å². The van der Waals surface area contributed by atoms with Crippen LogP contribution in [0.15, 0.2) is 24.3 Å². The average molecular weight is 277 g/mol. The second-order valence-corrected chi connectivity index (χ2v) is 6.47. The number of hydrogen-bond donors (Lipinski definition) is 1. The molecule has 0 heterocycles. The van der Waals surface area contributed by atoms with Gasteiger partial charge in [-0.05, 0) is 37.3 Å². The first-order chi connectivity index (χ1) is 9.29. The summed E-state index contributed by atoms with van der Waals surface area (Å²) in [5.41, 5.74) is 1.78. The molecule has 0 radical (unpaired) electrons. The molecule has 0 spiro atoms. The minimum atomic E-state index is -0.0636. The highest BCUT2D eigenvalue weighted by molar-refractivity contribution is 5.96. The molecule has 0 aliphatic heterocycles. The van der Waals surface area contributed by atoms with Crippen molar-refractivity contribution in [1.29, 1.82) is 0 Å². The fourth-order valence-corrected chi connectivity index (χ4v) is 2.31. The summed E-state index contributed by atoms with van der Waals surface area (Å²) in [5, 5.41) is 9.00. The Kier molecular flexibility index (Phi) is 5.75. The molecule has 0 fully saturated rings. The molecule has 0 bridgehead atoms. The minimum absolute atomic E-state index is 0.0546. The van der Waals surface area contributed by atoms with Crippen LogP contribution in [0.4, 0.5) is 0 Å². The largest absolute Gasteiger partial charge is 0.396 e. The summed E-state index contributed by atoms with van der Waals surface area (Å²) in [5.74, 6) is 0.0546. The molecule has 20 heavy (non-hydrogen) atoms. The third kappa shape index (κ3) is 4.07. The first kappa shape index (κ1) is 16.7. The molecule has 3 heteroatoms. The Balaban J connectivity index is 3.12. The molecule has 0 saturated carbocycles. The normalized spacial score (nSPS) is 11.8. The Morgan fingerprint density at radius 3 is 2.35 bits per heavy atom. The van der Waals surface area contributed by atoms with Gasteiger partial charge in [0.05, 0.1) is 0 Å². The van der Waals surface area contributed by atoms with E-state index in [1.54, 1.807) is 0 Å². The first-order valence-corrected chi connectivity index (χ1v) is 7.30. The third-order valence-electron chi connectivity index (χ3n) is 3.41. The predicted octanol–water partition coefficient (Wildman–Crippen LogP) is 3.22. The van der Waals surface area contributed by atoms with Crippen molar-refractivity contribution in [3.63, 3.8) is 0 Å². The fraction of sp³-hybridized carbons (Fsp3) is 0.588. The Bertz CT molecular complexity index is 447. The van der Waals surface area contributed by atoms with E-state index in [1.165, 1.54) is 0 Å². The van der Waals surface area contributed by atoms with E-state index in [4.69, 9.17) is 5.11 Å². The Morgan fingerprint density at radius 2 is 1.85 bits per heavy atom. The Hall–Kier alpha value is -1.35. The van der Waals surface area contributed by atoms with Gasteiger partial charge >= 0.3 is 0 Å². The number of rotatable bonds is 5. The summed E-state index contributed by atoms with van der Waals surface area (Å²) in [6.07, 6.45) is 0.613. The zero-order chi connectivity index (χ0) is 15.3. The maximum absolute atomic E-state index is 12.8. The lowest BCUT2D eigenvalue weighted by Gasteiger charge is -2.30. The molecule has 0 aliphatic rings. The van der Waals surface area contributed by atoms with Crippen LogP contribution in [-0.2, 0) is 5.41 Å². The highest BCUT2D eigenvalue weighted by Crippen LogP contribution is 2.27. The minimum Gasteiger partial charge on any atom is -0.396 e. The van der Waals surface area contributed by atoms with Crippen molar-refractivity contribution in [1.82, 2.24) is 4.90 Å². The van der Waals surface area contributed by atoms with Crippen LogP contribution in [-0.4, -0.2) is 35.1 Å². The van der Waals surface area contributed by atoms with E-state index < -0.39 is 0 Å². The summed E-state index contributed by atoms with van der Waals surface area (Å²) in [7, 11) is 0. The maximum atomic E-state index is 12.8. The average Bonchev–Trinajstić information content (AvgIpc) is 2.37. The van der Waals surface area contributed by atoms with E-state index >= 15 is 0 Å². The van der Waals surface area contributed by atoms with E-state index in [2.05, 4.69) is 20.8 Å². The Morgan fingerprint density at radius 1 is 1.25 bits per heavy atom. The number of nitrogens with zero attached hydrogens (tertiary/aromatic N) is 1. The fourth-order valence-electron chi connectivity index (χ4n) is 2.31. The number of hydrogen-bond acceptors (Lipinski definition) is 2. The second-order valence-electron chi connectivity index (χ2n) is 6.47. The third-order valence-corrected chi connectivity index (χ3v) is 3.41. The van der Waals surface area contributed by atoms with Crippen molar-refractivity contribution in [2.45, 2.75) is 52.5 Å². The summed E-state index contributed by atoms with van der Waals surface area (Å²) >= 11 is 0. The van der Waals surface area contributed by atoms with E-state index in [9.17, 15) is 4.79 Å². The van der Waals surface area contributed by atoms with E-state index in [0.29, 0.717) is 13.0 Å². The SMILES string of the molecule is CC(C)N(CCCO)C(=O)c1ccccc1C(C)(C)C. The molecule has 3 nitrogen and oxygen atoms in total. The number of carbonyl (C=O) groups excluding carboxylic acids is 1. The lowest BCUT2D eigenvalue weighted by atomic mass is 9.83. The van der Waals surface area contributed by atoms with Crippen LogP contribution in [0.5, 0.6) is 0 Å². The molecule has 0 unspecified atom stereocenters. The molecule has 0 saturated heterocycles. The molecule has 0 aliphatic carbocycles. The van der Waals surface area contributed by atoms with Gasteiger partial charge in [-0.2, -0.15) is 0 Å². The van der Waals surface area contributed by atoms with Crippen molar-refractivity contribution in [2.24, 2.45) is 0 Å². The van der Waals surface area contributed by atoms with E-state index in [1.807, 2.05) is 43.0 Å². The molecule has 1 aromatic rings. The zero-order valence-corrected chi connectivity index (χ0v) is 13.3. The van der Waals surface area contributed by atoms with Crippen molar-refractivity contribution in [3.05, 3.63) is 35.4 Å². The van der Waals surface area contributed by atoms with Crippen LogP contribution in [0.25, 0.3) is 0 Å². The number of aliphatic hydroxyl groups is 1. The van der Waals surface area contributed by atoms with Gasteiger partial charge in [-0.1, -0.05) is 39.0 Å². The van der Waals surface area contributed by atoms with Gasteiger partial charge in [0.2, 0.25) is 0 Å². The second kappa shape index (κ2) is 6.89. The van der Waals surface area contributed by atoms with Crippen LogP contribution in [0.3, 0.4) is 0 Å². The van der Waals surface area contributed by atoms with Gasteiger partial charge in [-0.3, -0.25) is 4.79 Å². The Labute approximate surface area is 122 Å². The van der Waals surface area contributed by atoms with Gasteiger partial charge < -0.3 is 10.0 Å². The first-order valence-electron chi connectivity index (χ1n) is 7.30. The van der Waals surface area contributed by atoms with Crippen LogP contribution >= 0.6 is 0 Å². The van der Waals surface area contributed by atoms with Gasteiger partial charge in [-0.25, -0.2) is 0 Å². The lowest BCUT2D eigenvalue weighted by molar-refractivity contribution is 0.0690. The van der Waals surface area contributed by atoms with Crippen LogP contribution in [0.1, 0.15) is 57.0 Å². The number of aliphatic hydroxyl groups excluding tert-OH is 1. The molecular formula is C17H27NO2. The standard InChI is InChI=1S/C17H27NO2/c1-13(2)18(11-8-12-19)16(20)14-9-6-7-10-15(14)17(3,4)5/h6-7,9-10,13,19H,8,11-12H2,1-5H3. The van der Waals surface area contributed by atoms with Gasteiger partial charge in [0.1, 0.15) is 0 Å². The zero-order valence-electron chi connectivity index (χ0n) is 13.3. The lowest BCUT2D eigenvalue weighted by Crippen LogP contribution is -2.39. The molecule has 1 N–H and O–H groups in total. The quantitative estimate of drug-likeness (QED) is 0.897. The summed E-state index contributed by atoms with van der Waals surface area (Å²) in [6, 6.07) is 7.94. The smallest absolute Gasteiger partial charge is 0.254 e. The van der Waals surface area contributed by atoms with Crippen LogP contribution in [0.2, 0.25) is 0 Å². The van der Waals surface area contributed by atoms with Crippen molar-refractivity contribution in [2.75, 3.05) is 13.2 Å². The summed E-state index contributed by atoms with van der Waals surface area (Å²) in [6.45, 7) is 11.1. The monoisotopic (exact) mass is 277 g/mol. The van der Waals surface area contributed by atoms with Gasteiger partial charge in [0, 0.05) is 24.8 Å². The molecule has 1 amide bonds. The highest BCUT2D eigenvalue weighted by Gasteiger charge is 2.25. The van der Waals surface area contributed by atoms with Crippen molar-refractivity contribution >= 4 is 5.91 Å². The predicted molar refractivity (Wildman–Crippen MR) is 83.0 cm³/mol. The maximum Gasteiger partial charge on any atom is 0.254 e. The van der Waals surface area contributed by atoms with E-state index in [-0.39, 0.29) is 24.0 Å². The number of benzene rings is 1. The molecule has 112 valence electrons. The van der Waals surface area contributed by atoms with Crippen LogP contribution in [0, 0.1) is 0 Å². The molecule has 1 rings (SSSR count). The number of carbonyl (C=O) groups is 1. The van der Waals surface area contributed by atoms with Gasteiger partial charge in [0.15, 0.2) is 0 Å². The summed E-state index contributed by atoms with van der Waals surface area (Å²) < 4.78 is 0. The molecule has 1 aromatic carbocycles. The highest BCUT2D eigenvalue weighted by atomic mass is 16.3. The van der Waals surface area contributed by atoms with Crippen LogP contribution < -0.4 is 0 Å². The topological polar surface area (TPSA) is 40.5 Å². The van der Waals surface area contributed by atoms with Crippen molar-refractivity contribution < 1.29 is 9.90 Å². The molecule has 0 aromatic heterocycles.